The average Bonchev–Trinajstić information content (AvgIpc) is 2.72. The zero-order valence-corrected chi connectivity index (χ0v) is 9.67. The number of nitrogens with two attached hydrogens (primary N) is 1. The minimum absolute atomic E-state index is 0.00214. The van der Waals surface area contributed by atoms with Crippen LogP contribution in [-0.2, 0) is 0 Å². The summed E-state index contributed by atoms with van der Waals surface area (Å²) in [5.41, 5.74) is 5.78. The Morgan fingerprint density at radius 2 is 2.00 bits per heavy atom. The molecule has 0 amide bonds. The lowest BCUT2D eigenvalue weighted by atomic mass is 9.95. The van der Waals surface area contributed by atoms with E-state index in [2.05, 4.69) is 0 Å². The minimum atomic E-state index is -1.03. The van der Waals surface area contributed by atoms with Gasteiger partial charge in [0.2, 0.25) is 0 Å². The molecule has 0 aromatic heterocycles. The fraction of sp³-hybridized carbons (Fsp3) is 0.462. The number of carbonyl (C=O) groups excluding carboxylic acids is 1. The van der Waals surface area contributed by atoms with Crippen molar-refractivity contribution in [2.75, 3.05) is 0 Å². The Kier molecular flexibility index (Phi) is 3.24. The number of rotatable bonds is 2. The maximum absolute atomic E-state index is 13.6. The minimum Gasteiger partial charge on any atom is -0.328 e. The van der Waals surface area contributed by atoms with Crippen LogP contribution in [0.4, 0.5) is 8.78 Å². The predicted octanol–water partition coefficient (Wildman–Crippen LogP) is 2.58. The summed E-state index contributed by atoms with van der Waals surface area (Å²) in [5, 5.41) is 0. The number of hydrogen-bond donors (Lipinski definition) is 1. The van der Waals surface area contributed by atoms with Crippen LogP contribution in [0, 0.1) is 24.5 Å². The molecular formula is C13H15F2NO. The zero-order valence-electron chi connectivity index (χ0n) is 9.67. The van der Waals surface area contributed by atoms with Gasteiger partial charge in [0.25, 0.3) is 0 Å². The van der Waals surface area contributed by atoms with Crippen LogP contribution in [0.25, 0.3) is 0 Å². The van der Waals surface area contributed by atoms with Gasteiger partial charge in [-0.3, -0.25) is 4.79 Å². The first-order chi connectivity index (χ1) is 8.00. The van der Waals surface area contributed by atoms with Gasteiger partial charge in [-0.05, 0) is 37.8 Å². The molecule has 1 saturated carbocycles. The molecule has 1 fully saturated rings. The molecule has 0 aliphatic heterocycles. The Morgan fingerprint density at radius 3 is 2.59 bits per heavy atom. The van der Waals surface area contributed by atoms with E-state index in [1.165, 1.54) is 19.1 Å². The average molecular weight is 239 g/mol. The zero-order chi connectivity index (χ0) is 12.6. The topological polar surface area (TPSA) is 43.1 Å². The number of Topliss-reactive ketones (excluding diaryl/α,β-unsaturated/α-hetero) is 1. The molecule has 2 N–H and O–H groups in total. The lowest BCUT2D eigenvalue weighted by molar-refractivity contribution is 0.0916. The molecule has 2 nitrogen and oxygen atoms in total. The summed E-state index contributed by atoms with van der Waals surface area (Å²) in [6, 6.07) is 2.79. The molecule has 0 saturated heterocycles. The first-order valence-electron chi connectivity index (χ1n) is 5.75. The molecule has 2 rings (SSSR count). The third-order valence-electron chi connectivity index (χ3n) is 3.38. The Balaban J connectivity index is 2.29. The first kappa shape index (κ1) is 12.2. The molecule has 1 aromatic rings. The van der Waals surface area contributed by atoms with Gasteiger partial charge in [0, 0.05) is 12.0 Å². The Bertz CT molecular complexity index is 459. The second-order valence-corrected chi connectivity index (χ2v) is 4.69. The third kappa shape index (κ3) is 2.22. The monoisotopic (exact) mass is 239 g/mol. The van der Waals surface area contributed by atoms with E-state index in [0.29, 0.717) is 12.8 Å². The summed E-state index contributed by atoms with van der Waals surface area (Å²) in [4.78, 5) is 12.0. The van der Waals surface area contributed by atoms with E-state index in [0.717, 1.165) is 6.42 Å². The van der Waals surface area contributed by atoms with Gasteiger partial charge in [-0.25, -0.2) is 8.78 Å². The van der Waals surface area contributed by atoms with Gasteiger partial charge in [0.15, 0.2) is 17.4 Å². The van der Waals surface area contributed by atoms with E-state index in [9.17, 15) is 13.6 Å². The molecule has 1 aliphatic carbocycles. The molecule has 17 heavy (non-hydrogen) atoms. The normalized spacial score (nSPS) is 24.0. The van der Waals surface area contributed by atoms with Crippen LogP contribution in [0.5, 0.6) is 0 Å². The molecule has 1 aliphatic rings. The highest BCUT2D eigenvalue weighted by molar-refractivity contribution is 5.98. The molecule has 0 heterocycles. The highest BCUT2D eigenvalue weighted by atomic mass is 19.2. The number of aryl methyl sites for hydroxylation is 1. The largest absolute Gasteiger partial charge is 0.328 e. The van der Waals surface area contributed by atoms with Crippen LogP contribution >= 0.6 is 0 Å². The summed E-state index contributed by atoms with van der Waals surface area (Å²) in [6.07, 6.45) is 2.00. The highest BCUT2D eigenvalue weighted by Gasteiger charge is 2.30. The third-order valence-corrected chi connectivity index (χ3v) is 3.38. The standard InChI is InChI=1S/C13H15F2NO/c1-7-2-5-10(12(15)11(7)14)13(17)8-3-4-9(16)6-8/h2,5,8-9H,3-4,6,16H2,1H3. The lowest BCUT2D eigenvalue weighted by Gasteiger charge is -2.10. The van der Waals surface area contributed by atoms with Crippen molar-refractivity contribution in [1.82, 2.24) is 0 Å². The maximum Gasteiger partial charge on any atom is 0.169 e. The van der Waals surface area contributed by atoms with E-state index >= 15 is 0 Å². The molecule has 2 unspecified atom stereocenters. The summed E-state index contributed by atoms with van der Waals surface area (Å²) < 4.78 is 27.0. The van der Waals surface area contributed by atoms with Crippen LogP contribution in [0.2, 0.25) is 0 Å². The van der Waals surface area contributed by atoms with E-state index in [1.54, 1.807) is 0 Å². The number of hydrogen-bond acceptors (Lipinski definition) is 2. The lowest BCUT2D eigenvalue weighted by Crippen LogP contribution is -2.19. The van der Waals surface area contributed by atoms with Crippen molar-refractivity contribution in [2.24, 2.45) is 11.7 Å². The first-order valence-corrected chi connectivity index (χ1v) is 5.75. The van der Waals surface area contributed by atoms with Crippen LogP contribution in [0.3, 0.4) is 0 Å². The summed E-state index contributed by atoms with van der Waals surface area (Å²) >= 11 is 0. The quantitative estimate of drug-likeness (QED) is 0.806. The van der Waals surface area contributed by atoms with Crippen molar-refractivity contribution >= 4 is 5.78 Å². The molecule has 0 radical (unpaired) electrons. The fourth-order valence-electron chi connectivity index (χ4n) is 2.31. The smallest absolute Gasteiger partial charge is 0.169 e. The van der Waals surface area contributed by atoms with E-state index < -0.39 is 11.6 Å². The molecule has 4 heteroatoms. The molecule has 0 bridgehead atoms. The molecule has 1 aromatic carbocycles. The fourth-order valence-corrected chi connectivity index (χ4v) is 2.31. The van der Waals surface area contributed by atoms with E-state index in [1.807, 2.05) is 0 Å². The van der Waals surface area contributed by atoms with Crippen molar-refractivity contribution in [3.8, 4) is 0 Å². The van der Waals surface area contributed by atoms with Gasteiger partial charge in [0.05, 0.1) is 5.56 Å². The Morgan fingerprint density at radius 1 is 1.29 bits per heavy atom. The Hall–Kier alpha value is -1.29. The van der Waals surface area contributed by atoms with Gasteiger partial charge in [-0.15, -0.1) is 0 Å². The van der Waals surface area contributed by atoms with Crippen molar-refractivity contribution in [3.05, 3.63) is 34.9 Å². The Labute approximate surface area is 98.8 Å². The van der Waals surface area contributed by atoms with Crippen molar-refractivity contribution in [3.63, 3.8) is 0 Å². The van der Waals surface area contributed by atoms with Gasteiger partial charge < -0.3 is 5.73 Å². The SMILES string of the molecule is Cc1ccc(C(=O)C2CCC(N)C2)c(F)c1F. The summed E-state index contributed by atoms with van der Waals surface area (Å²) in [5.74, 6) is -2.55. The van der Waals surface area contributed by atoms with E-state index in [-0.39, 0.29) is 28.9 Å². The number of carbonyl (C=O) groups is 1. The molecule has 2 atom stereocenters. The maximum atomic E-state index is 13.6. The van der Waals surface area contributed by atoms with Crippen LogP contribution < -0.4 is 5.73 Å². The number of ketones is 1. The molecular weight excluding hydrogens is 224 g/mol. The number of halogens is 2. The number of benzene rings is 1. The van der Waals surface area contributed by atoms with Gasteiger partial charge >= 0.3 is 0 Å². The second-order valence-electron chi connectivity index (χ2n) is 4.69. The van der Waals surface area contributed by atoms with Crippen molar-refractivity contribution in [1.29, 1.82) is 0 Å². The summed E-state index contributed by atoms with van der Waals surface area (Å²) in [6.45, 7) is 1.47. The van der Waals surface area contributed by atoms with E-state index in [4.69, 9.17) is 5.73 Å². The second kappa shape index (κ2) is 4.53. The van der Waals surface area contributed by atoms with Crippen molar-refractivity contribution < 1.29 is 13.6 Å². The highest BCUT2D eigenvalue weighted by Crippen LogP contribution is 2.29. The van der Waals surface area contributed by atoms with Gasteiger partial charge in [-0.1, -0.05) is 6.07 Å². The van der Waals surface area contributed by atoms with Crippen LogP contribution in [0.15, 0.2) is 12.1 Å². The van der Waals surface area contributed by atoms with Crippen LogP contribution in [0.1, 0.15) is 35.2 Å². The molecule has 0 spiro atoms. The van der Waals surface area contributed by atoms with Crippen molar-refractivity contribution in [2.45, 2.75) is 32.2 Å². The summed E-state index contributed by atoms with van der Waals surface area (Å²) in [7, 11) is 0. The van der Waals surface area contributed by atoms with Gasteiger partial charge in [-0.2, -0.15) is 0 Å². The predicted molar refractivity (Wildman–Crippen MR) is 60.7 cm³/mol. The molecule has 92 valence electrons. The van der Waals surface area contributed by atoms with Gasteiger partial charge in [0.1, 0.15) is 0 Å². The van der Waals surface area contributed by atoms with Crippen LogP contribution in [-0.4, -0.2) is 11.8 Å².